The summed E-state index contributed by atoms with van der Waals surface area (Å²) < 4.78 is 33.3. The molecule has 160 valence electrons. The molecule has 2 aromatic rings. The zero-order valence-corrected chi connectivity index (χ0v) is 17.8. The topological polar surface area (TPSA) is 79.8 Å². The minimum absolute atomic E-state index is 0.0439. The van der Waals surface area contributed by atoms with Crippen LogP contribution in [0.4, 0.5) is 5.69 Å². The summed E-state index contributed by atoms with van der Waals surface area (Å²) in [6.07, 6.45) is 6.52. The first-order chi connectivity index (χ1) is 14.6. The van der Waals surface area contributed by atoms with E-state index in [0.29, 0.717) is 24.3 Å². The van der Waals surface area contributed by atoms with Crippen molar-refractivity contribution in [2.24, 2.45) is 0 Å². The third-order valence-electron chi connectivity index (χ3n) is 5.66. The van der Waals surface area contributed by atoms with Crippen LogP contribution in [0.2, 0.25) is 0 Å². The molecule has 3 heterocycles. The van der Waals surface area contributed by atoms with Crippen LogP contribution in [0.25, 0.3) is 0 Å². The molecule has 0 saturated carbocycles. The second kappa shape index (κ2) is 9.14. The van der Waals surface area contributed by atoms with Gasteiger partial charge in [0.25, 0.3) is 0 Å². The summed E-state index contributed by atoms with van der Waals surface area (Å²) in [5.41, 5.74) is 1.67. The van der Waals surface area contributed by atoms with Gasteiger partial charge in [0.15, 0.2) is 0 Å². The number of hydrogen-bond donors (Lipinski definition) is 0. The highest BCUT2D eigenvalue weighted by Crippen LogP contribution is 2.30. The first-order valence-electron chi connectivity index (χ1n) is 10.5. The minimum Gasteiger partial charge on any atom is -0.456 e. The molecule has 0 spiro atoms. The quantitative estimate of drug-likeness (QED) is 0.656. The number of rotatable bonds is 6. The zero-order valence-electron chi connectivity index (χ0n) is 17.0. The van der Waals surface area contributed by atoms with Crippen LogP contribution < -0.4 is 4.90 Å². The van der Waals surface area contributed by atoms with Crippen LogP contribution in [0.15, 0.2) is 47.5 Å². The smallest absolute Gasteiger partial charge is 0.340 e. The van der Waals surface area contributed by atoms with E-state index >= 15 is 0 Å². The van der Waals surface area contributed by atoms with Gasteiger partial charge in [0, 0.05) is 32.4 Å². The van der Waals surface area contributed by atoms with Crippen molar-refractivity contribution in [3.8, 4) is 0 Å². The first kappa shape index (κ1) is 20.8. The third-order valence-corrected chi connectivity index (χ3v) is 7.56. The van der Waals surface area contributed by atoms with E-state index in [0.717, 1.165) is 50.9 Å². The summed E-state index contributed by atoms with van der Waals surface area (Å²) in [6.45, 7) is 2.78. The van der Waals surface area contributed by atoms with Crippen LogP contribution in [0.5, 0.6) is 0 Å². The fraction of sp³-hybridized carbons (Fsp3) is 0.455. The van der Waals surface area contributed by atoms with E-state index in [1.807, 2.05) is 6.07 Å². The highest BCUT2D eigenvalue weighted by molar-refractivity contribution is 7.89. The van der Waals surface area contributed by atoms with E-state index in [1.54, 1.807) is 30.5 Å². The third kappa shape index (κ3) is 4.49. The lowest BCUT2D eigenvalue weighted by atomic mass is 10.1. The van der Waals surface area contributed by atoms with Crippen LogP contribution in [0.1, 0.15) is 48.2 Å². The van der Waals surface area contributed by atoms with Crippen molar-refractivity contribution in [1.29, 1.82) is 0 Å². The maximum Gasteiger partial charge on any atom is 0.340 e. The molecule has 2 aliphatic rings. The Kier molecular flexibility index (Phi) is 6.34. The van der Waals surface area contributed by atoms with Crippen LogP contribution >= 0.6 is 0 Å². The summed E-state index contributed by atoms with van der Waals surface area (Å²) in [7, 11) is -3.63. The first-order valence-corrected chi connectivity index (χ1v) is 12.0. The minimum atomic E-state index is -3.63. The lowest BCUT2D eigenvalue weighted by molar-refractivity contribution is 0.0468. The molecule has 0 atom stereocenters. The lowest BCUT2D eigenvalue weighted by Gasteiger charge is -2.27. The van der Waals surface area contributed by atoms with Gasteiger partial charge in [-0.05, 0) is 56.0 Å². The molecule has 0 bridgehead atoms. The van der Waals surface area contributed by atoms with Crippen molar-refractivity contribution in [2.45, 2.75) is 43.6 Å². The van der Waals surface area contributed by atoms with Gasteiger partial charge in [-0.2, -0.15) is 4.31 Å². The van der Waals surface area contributed by atoms with E-state index < -0.39 is 16.0 Å². The Balaban J connectivity index is 1.63. The standard InChI is InChI=1S/C22H27N3O4S/c26-22(29-17-18-8-2-3-11-23-18)20-16-19(9-10-21(20)24-12-6-7-13-24)30(27,28)25-14-4-1-5-15-25/h2-3,8-11,16H,1,4-7,12-15,17H2. The number of nitrogens with zero attached hydrogens (tertiary/aromatic N) is 3. The number of carbonyl (C=O) groups is 1. The lowest BCUT2D eigenvalue weighted by Crippen LogP contribution is -2.35. The van der Waals surface area contributed by atoms with Crippen LogP contribution in [0, 0.1) is 0 Å². The van der Waals surface area contributed by atoms with Gasteiger partial charge in [0.1, 0.15) is 6.61 Å². The molecule has 2 fully saturated rings. The van der Waals surface area contributed by atoms with Gasteiger partial charge in [-0.15, -0.1) is 0 Å². The molecule has 7 nitrogen and oxygen atoms in total. The van der Waals surface area contributed by atoms with Gasteiger partial charge >= 0.3 is 5.97 Å². The Labute approximate surface area is 177 Å². The number of hydrogen-bond acceptors (Lipinski definition) is 6. The molecule has 30 heavy (non-hydrogen) atoms. The summed E-state index contributed by atoms with van der Waals surface area (Å²) in [4.78, 5) is 19.4. The van der Waals surface area contributed by atoms with Crippen LogP contribution in [0.3, 0.4) is 0 Å². The molecule has 1 aromatic carbocycles. The van der Waals surface area contributed by atoms with Crippen molar-refractivity contribution in [3.05, 3.63) is 53.9 Å². The molecule has 4 rings (SSSR count). The molecular formula is C22H27N3O4S. The highest BCUT2D eigenvalue weighted by Gasteiger charge is 2.29. The summed E-state index contributed by atoms with van der Waals surface area (Å²) in [5, 5.41) is 0. The number of anilines is 1. The molecule has 0 aliphatic carbocycles. The molecule has 1 aromatic heterocycles. The molecule has 2 aliphatic heterocycles. The van der Waals surface area contributed by atoms with E-state index in [1.165, 1.54) is 10.4 Å². The SMILES string of the molecule is O=C(OCc1ccccn1)c1cc(S(=O)(=O)N2CCCCC2)ccc1N1CCCC1. The van der Waals surface area contributed by atoms with Crippen LogP contribution in [-0.4, -0.2) is 49.9 Å². The Morgan fingerprint density at radius 1 is 0.967 bits per heavy atom. The normalized spacial score (nSPS) is 17.8. The van der Waals surface area contributed by atoms with E-state index in [2.05, 4.69) is 9.88 Å². The van der Waals surface area contributed by atoms with E-state index in [9.17, 15) is 13.2 Å². The molecule has 8 heteroatoms. The average molecular weight is 430 g/mol. The van der Waals surface area contributed by atoms with Crippen molar-refractivity contribution < 1.29 is 17.9 Å². The number of ether oxygens (including phenoxy) is 1. The predicted molar refractivity (Wildman–Crippen MR) is 114 cm³/mol. The summed E-state index contributed by atoms with van der Waals surface area (Å²) in [6, 6.07) is 10.3. The molecular weight excluding hydrogens is 402 g/mol. The van der Waals surface area contributed by atoms with Gasteiger partial charge in [0.2, 0.25) is 10.0 Å². The number of pyridine rings is 1. The Hall–Kier alpha value is -2.45. The fourth-order valence-electron chi connectivity index (χ4n) is 4.03. The van der Waals surface area contributed by atoms with Gasteiger partial charge in [0.05, 0.1) is 21.8 Å². The Bertz CT molecular complexity index is 983. The Morgan fingerprint density at radius 3 is 2.40 bits per heavy atom. The largest absolute Gasteiger partial charge is 0.456 e. The van der Waals surface area contributed by atoms with E-state index in [4.69, 9.17) is 4.74 Å². The summed E-state index contributed by atoms with van der Waals surface area (Å²) in [5.74, 6) is -0.529. The maximum absolute atomic E-state index is 13.1. The monoisotopic (exact) mass is 429 g/mol. The number of sulfonamides is 1. The second-order valence-electron chi connectivity index (χ2n) is 7.74. The number of aromatic nitrogens is 1. The van der Waals surface area contributed by atoms with Crippen molar-refractivity contribution >= 4 is 21.7 Å². The average Bonchev–Trinajstić information content (AvgIpc) is 3.33. The molecule has 0 N–H and O–H groups in total. The van der Waals surface area contributed by atoms with Gasteiger partial charge < -0.3 is 9.64 Å². The molecule has 0 amide bonds. The zero-order chi connectivity index (χ0) is 21.0. The van der Waals surface area contributed by atoms with Crippen LogP contribution in [-0.2, 0) is 21.4 Å². The highest BCUT2D eigenvalue weighted by atomic mass is 32.2. The number of piperidine rings is 1. The van der Waals surface area contributed by atoms with Crippen molar-refractivity contribution in [3.63, 3.8) is 0 Å². The maximum atomic E-state index is 13.1. The number of benzene rings is 1. The Morgan fingerprint density at radius 2 is 1.70 bits per heavy atom. The van der Waals surface area contributed by atoms with Gasteiger partial charge in [-0.3, -0.25) is 4.98 Å². The number of esters is 1. The number of carbonyl (C=O) groups excluding carboxylic acids is 1. The molecule has 2 saturated heterocycles. The van der Waals surface area contributed by atoms with Crippen molar-refractivity contribution in [1.82, 2.24) is 9.29 Å². The predicted octanol–water partition coefficient (Wildman–Crippen LogP) is 3.21. The fourth-order valence-corrected chi connectivity index (χ4v) is 5.57. The van der Waals surface area contributed by atoms with Gasteiger partial charge in [-0.1, -0.05) is 12.5 Å². The van der Waals surface area contributed by atoms with E-state index in [-0.39, 0.29) is 11.5 Å². The molecule has 0 radical (unpaired) electrons. The van der Waals surface area contributed by atoms with Crippen molar-refractivity contribution in [2.75, 3.05) is 31.1 Å². The molecule has 0 unspecified atom stereocenters. The summed E-state index contributed by atoms with van der Waals surface area (Å²) >= 11 is 0. The second-order valence-corrected chi connectivity index (χ2v) is 9.67. The van der Waals surface area contributed by atoms with Gasteiger partial charge in [-0.25, -0.2) is 13.2 Å².